The molecule has 0 radical (unpaired) electrons. The topological polar surface area (TPSA) is 38.5 Å². The quantitative estimate of drug-likeness (QED) is 0.866. The smallest absolute Gasteiger partial charge is 0.0839 e. The summed E-state index contributed by atoms with van der Waals surface area (Å²) in [7, 11) is -0.998. The number of nitrogens with two attached hydrogens (primary N) is 1. The van der Waals surface area contributed by atoms with Crippen LogP contribution in [0.25, 0.3) is 0 Å². The van der Waals surface area contributed by atoms with E-state index >= 15 is 0 Å². The number of nitrogens with zero attached hydrogens (tertiary/aromatic N) is 1. The Kier molecular flexibility index (Phi) is 8.78. The molecule has 1 aliphatic heterocycles. The van der Waals surface area contributed by atoms with Crippen molar-refractivity contribution in [1.82, 2.24) is 4.90 Å². The average Bonchev–Trinajstić information content (AvgIpc) is 2.93. The Morgan fingerprint density at radius 1 is 1.21 bits per heavy atom. The van der Waals surface area contributed by atoms with Gasteiger partial charge < -0.3 is 14.8 Å². The van der Waals surface area contributed by atoms with Crippen LogP contribution < -0.4 is 5.73 Å². The maximum atomic E-state index is 6.49. The van der Waals surface area contributed by atoms with E-state index < -0.39 is 10.3 Å². The number of likely N-dealkylation sites (tertiary alicyclic amines) is 1. The Bertz CT molecular complexity index is 456. The third-order valence-corrected chi connectivity index (χ3v) is 8.34. The standard InChI is InChI=1S/C18H31NOS.C2H7N/c1-18(2,3)21(4,5)20-17-12-14-19(15-17)13-11-16-9-7-6-8-10-16;1-2-3/h6-10,17H,11-15H2,1-5H3;2-3H2,1H3. The summed E-state index contributed by atoms with van der Waals surface area (Å²) in [5.74, 6) is 0. The molecule has 3 nitrogen and oxygen atoms in total. The second kappa shape index (κ2) is 9.81. The Hall–Kier alpha value is -0.550. The molecule has 4 heteroatoms. The van der Waals surface area contributed by atoms with Crippen LogP contribution in [0.2, 0.25) is 0 Å². The van der Waals surface area contributed by atoms with E-state index in [1.165, 1.54) is 18.5 Å². The van der Waals surface area contributed by atoms with Crippen molar-refractivity contribution < 1.29 is 4.18 Å². The van der Waals surface area contributed by atoms with Crippen molar-refractivity contribution in [1.29, 1.82) is 0 Å². The Morgan fingerprint density at radius 3 is 2.33 bits per heavy atom. The van der Waals surface area contributed by atoms with E-state index in [0.717, 1.165) is 26.1 Å². The van der Waals surface area contributed by atoms with Crippen LogP contribution in [0.3, 0.4) is 0 Å². The van der Waals surface area contributed by atoms with E-state index in [0.29, 0.717) is 6.10 Å². The monoisotopic (exact) mass is 354 g/mol. The molecule has 0 aliphatic carbocycles. The van der Waals surface area contributed by atoms with Gasteiger partial charge in [-0.25, -0.2) is 0 Å². The maximum absolute atomic E-state index is 6.49. The van der Waals surface area contributed by atoms with Gasteiger partial charge in [0, 0.05) is 24.4 Å². The highest BCUT2D eigenvalue weighted by molar-refractivity contribution is 8.29. The molecular weight excluding hydrogens is 316 g/mol. The van der Waals surface area contributed by atoms with Gasteiger partial charge in [0.15, 0.2) is 0 Å². The van der Waals surface area contributed by atoms with Crippen molar-refractivity contribution in [3.63, 3.8) is 0 Å². The lowest BCUT2D eigenvalue weighted by Crippen LogP contribution is -2.31. The van der Waals surface area contributed by atoms with Crippen LogP contribution in [0.1, 0.15) is 39.7 Å². The highest BCUT2D eigenvalue weighted by Crippen LogP contribution is 2.55. The van der Waals surface area contributed by atoms with Crippen molar-refractivity contribution in [2.45, 2.75) is 51.4 Å². The van der Waals surface area contributed by atoms with Crippen molar-refractivity contribution in [2.75, 3.05) is 38.7 Å². The van der Waals surface area contributed by atoms with Crippen LogP contribution in [-0.2, 0) is 10.6 Å². The first kappa shape index (κ1) is 21.5. The van der Waals surface area contributed by atoms with Crippen LogP contribution in [0.15, 0.2) is 30.3 Å². The van der Waals surface area contributed by atoms with Crippen LogP contribution in [0, 0.1) is 0 Å². The minimum Gasteiger partial charge on any atom is -0.332 e. The van der Waals surface area contributed by atoms with Gasteiger partial charge in [-0.05, 0) is 37.5 Å². The molecule has 1 atom stereocenters. The maximum Gasteiger partial charge on any atom is 0.0839 e. The molecule has 1 saturated heterocycles. The van der Waals surface area contributed by atoms with Gasteiger partial charge in [-0.15, -0.1) is 10.3 Å². The molecule has 24 heavy (non-hydrogen) atoms. The summed E-state index contributed by atoms with van der Waals surface area (Å²) in [5, 5.41) is 0. The van der Waals surface area contributed by atoms with E-state index in [1.54, 1.807) is 0 Å². The molecule has 140 valence electrons. The van der Waals surface area contributed by atoms with Crippen LogP contribution in [0.4, 0.5) is 0 Å². The van der Waals surface area contributed by atoms with Gasteiger partial charge in [-0.3, -0.25) is 0 Å². The van der Waals surface area contributed by atoms with E-state index in [4.69, 9.17) is 9.92 Å². The molecule has 1 aliphatic rings. The number of benzene rings is 1. The molecule has 0 amide bonds. The molecule has 2 rings (SSSR count). The zero-order valence-corrected chi connectivity index (χ0v) is 17.4. The third kappa shape index (κ3) is 7.14. The van der Waals surface area contributed by atoms with E-state index in [9.17, 15) is 0 Å². The summed E-state index contributed by atoms with van der Waals surface area (Å²) < 4.78 is 6.74. The van der Waals surface area contributed by atoms with Gasteiger partial charge in [0.1, 0.15) is 0 Å². The summed E-state index contributed by atoms with van der Waals surface area (Å²) in [6.07, 6.45) is 7.36. The fourth-order valence-corrected chi connectivity index (χ4v) is 3.62. The first-order valence-electron chi connectivity index (χ1n) is 9.07. The van der Waals surface area contributed by atoms with Gasteiger partial charge in [-0.1, -0.05) is 58.0 Å². The van der Waals surface area contributed by atoms with Crippen molar-refractivity contribution in [3.8, 4) is 0 Å². The number of hydrogen-bond donors (Lipinski definition) is 1. The Morgan fingerprint density at radius 2 is 1.79 bits per heavy atom. The molecule has 1 aromatic rings. The summed E-state index contributed by atoms with van der Waals surface area (Å²) in [6, 6.07) is 10.8. The minimum absolute atomic E-state index is 0.254. The fourth-order valence-electron chi connectivity index (χ4n) is 2.50. The van der Waals surface area contributed by atoms with Crippen LogP contribution in [0.5, 0.6) is 0 Å². The molecular formula is C20H38N2OS. The van der Waals surface area contributed by atoms with Crippen LogP contribution in [-0.4, -0.2) is 54.4 Å². The molecule has 1 fully saturated rings. The molecule has 0 bridgehead atoms. The van der Waals surface area contributed by atoms with Gasteiger partial charge in [0.25, 0.3) is 0 Å². The molecule has 1 unspecified atom stereocenters. The van der Waals surface area contributed by atoms with Gasteiger partial charge in [-0.2, -0.15) is 0 Å². The predicted octanol–water partition coefficient (Wildman–Crippen LogP) is 4.06. The SMILES string of the molecule is CC(C)(C)S(C)(C)OC1CCN(CCc2ccccc2)C1.CCN. The molecule has 1 heterocycles. The fraction of sp³-hybridized carbons (Fsp3) is 0.700. The third-order valence-electron chi connectivity index (χ3n) is 4.64. The average molecular weight is 355 g/mol. The summed E-state index contributed by atoms with van der Waals surface area (Å²) in [5.41, 5.74) is 6.28. The predicted molar refractivity (Wildman–Crippen MR) is 110 cm³/mol. The Balaban J connectivity index is 0.000000891. The number of hydrogen-bond acceptors (Lipinski definition) is 3. The minimum atomic E-state index is -0.998. The van der Waals surface area contributed by atoms with Crippen molar-refractivity contribution in [2.24, 2.45) is 5.73 Å². The van der Waals surface area contributed by atoms with E-state index in [-0.39, 0.29) is 4.75 Å². The van der Waals surface area contributed by atoms with E-state index in [1.807, 2.05) is 6.92 Å². The normalized spacial score (nSPS) is 19.7. The summed E-state index contributed by atoms with van der Waals surface area (Å²) in [4.78, 5) is 2.55. The van der Waals surface area contributed by atoms with Crippen molar-refractivity contribution >= 4 is 10.3 Å². The highest BCUT2D eigenvalue weighted by Gasteiger charge is 2.34. The van der Waals surface area contributed by atoms with Crippen molar-refractivity contribution in [3.05, 3.63) is 35.9 Å². The molecule has 1 aromatic carbocycles. The molecule has 0 saturated carbocycles. The molecule has 0 spiro atoms. The zero-order valence-electron chi connectivity index (χ0n) is 16.5. The highest BCUT2D eigenvalue weighted by atomic mass is 32.3. The largest absolute Gasteiger partial charge is 0.332 e. The van der Waals surface area contributed by atoms with Gasteiger partial charge >= 0.3 is 0 Å². The Labute approximate surface area is 151 Å². The van der Waals surface area contributed by atoms with Crippen LogP contribution >= 0.6 is 10.3 Å². The van der Waals surface area contributed by atoms with Gasteiger partial charge in [0.2, 0.25) is 0 Å². The second-order valence-corrected chi connectivity index (χ2v) is 11.7. The summed E-state index contributed by atoms with van der Waals surface area (Å²) in [6.45, 7) is 13.0. The first-order chi connectivity index (χ1) is 11.2. The van der Waals surface area contributed by atoms with Gasteiger partial charge in [0.05, 0.1) is 6.10 Å². The zero-order chi connectivity index (χ0) is 18.2. The second-order valence-electron chi connectivity index (χ2n) is 7.80. The molecule has 0 aromatic heterocycles. The lowest BCUT2D eigenvalue weighted by Gasteiger charge is -2.45. The molecule has 2 N–H and O–H groups in total. The lowest BCUT2D eigenvalue weighted by molar-refractivity contribution is 0.221. The van der Waals surface area contributed by atoms with E-state index in [2.05, 4.69) is 68.5 Å². The summed E-state index contributed by atoms with van der Waals surface area (Å²) >= 11 is 0. The number of rotatable bonds is 5. The first-order valence-corrected chi connectivity index (χ1v) is 11.4. The lowest BCUT2D eigenvalue weighted by atomic mass is 10.1.